The molecule has 0 aromatic heterocycles. The molecule has 0 saturated heterocycles. The van der Waals surface area contributed by atoms with Crippen LogP contribution in [0.25, 0.3) is 0 Å². The van der Waals surface area contributed by atoms with Gasteiger partial charge in [0, 0.05) is 13.0 Å². The van der Waals surface area contributed by atoms with Crippen molar-refractivity contribution in [1.82, 2.24) is 4.90 Å². The van der Waals surface area contributed by atoms with E-state index in [1.807, 2.05) is 44.2 Å². The lowest BCUT2D eigenvalue weighted by Crippen LogP contribution is -2.43. The Hall–Kier alpha value is -1.61. The average molecular weight is 317 g/mol. The first-order chi connectivity index (χ1) is 10.8. The van der Waals surface area contributed by atoms with Crippen molar-refractivity contribution in [3.05, 3.63) is 48.0 Å². The first kappa shape index (κ1) is 19.4. The zero-order chi connectivity index (χ0) is 17.6. The summed E-state index contributed by atoms with van der Waals surface area (Å²) in [6.07, 6.45) is 0.988. The second-order valence-electron chi connectivity index (χ2n) is 6.89. The average Bonchev–Trinajstić information content (AvgIpc) is 2.52. The number of nitrogens with zero attached hydrogens (tertiary/aromatic N) is 1. The minimum atomic E-state index is -0.681. The molecule has 0 saturated carbocycles. The maximum atomic E-state index is 12.9. The van der Waals surface area contributed by atoms with E-state index >= 15 is 0 Å². The number of likely N-dealkylation sites (N-methyl/N-ethyl adjacent to an activating group) is 1. The Morgan fingerprint density at radius 1 is 1.22 bits per heavy atom. The van der Waals surface area contributed by atoms with Crippen molar-refractivity contribution < 1.29 is 9.90 Å². The molecule has 0 radical (unpaired) electrons. The van der Waals surface area contributed by atoms with Gasteiger partial charge >= 0.3 is 0 Å². The van der Waals surface area contributed by atoms with Crippen LogP contribution in [0.5, 0.6) is 0 Å². The molecule has 1 amide bonds. The predicted octanol–water partition coefficient (Wildman–Crippen LogP) is 4.20. The standard InChI is InChI=1S/C20H31NO2/c1-14(2)12-13-18(15(3)4)20(23)21(6)16(5)19(22)17-10-8-7-9-11-17/h7-11,15-16,18-19,22H,1,12-13H2,2-6H3/t16-,18-,19+/m0/s1. The van der Waals surface area contributed by atoms with Gasteiger partial charge in [-0.05, 0) is 38.2 Å². The Labute approximate surface area is 141 Å². The van der Waals surface area contributed by atoms with Gasteiger partial charge in [-0.25, -0.2) is 0 Å². The number of rotatable bonds is 8. The molecule has 0 spiro atoms. The lowest BCUT2D eigenvalue weighted by Gasteiger charge is -2.33. The third kappa shape index (κ3) is 5.51. The van der Waals surface area contributed by atoms with Gasteiger partial charge in [-0.3, -0.25) is 4.79 Å². The first-order valence-corrected chi connectivity index (χ1v) is 8.39. The Morgan fingerprint density at radius 3 is 2.26 bits per heavy atom. The zero-order valence-corrected chi connectivity index (χ0v) is 15.1. The summed E-state index contributed by atoms with van der Waals surface area (Å²) >= 11 is 0. The van der Waals surface area contributed by atoms with E-state index in [9.17, 15) is 9.90 Å². The third-order valence-electron chi connectivity index (χ3n) is 4.56. The van der Waals surface area contributed by atoms with Gasteiger partial charge in [0.05, 0.1) is 12.1 Å². The maximum Gasteiger partial charge on any atom is 0.226 e. The third-order valence-corrected chi connectivity index (χ3v) is 4.56. The highest BCUT2D eigenvalue weighted by molar-refractivity contribution is 5.79. The van der Waals surface area contributed by atoms with Crippen LogP contribution >= 0.6 is 0 Å². The molecule has 1 N–H and O–H groups in total. The van der Waals surface area contributed by atoms with E-state index in [-0.39, 0.29) is 23.8 Å². The maximum absolute atomic E-state index is 12.9. The Bertz CT molecular complexity index is 510. The summed E-state index contributed by atoms with van der Waals surface area (Å²) in [6.45, 7) is 12.0. The topological polar surface area (TPSA) is 40.5 Å². The summed E-state index contributed by atoms with van der Waals surface area (Å²) in [5, 5.41) is 10.5. The van der Waals surface area contributed by atoms with Crippen LogP contribution in [0.4, 0.5) is 0 Å². The van der Waals surface area contributed by atoms with Gasteiger partial charge in [-0.15, -0.1) is 6.58 Å². The summed E-state index contributed by atoms with van der Waals surface area (Å²) in [6, 6.07) is 9.23. The summed E-state index contributed by atoms with van der Waals surface area (Å²) in [7, 11) is 1.79. The lowest BCUT2D eigenvalue weighted by atomic mass is 9.88. The highest BCUT2D eigenvalue weighted by Crippen LogP contribution is 2.26. The number of aliphatic hydroxyl groups excluding tert-OH is 1. The highest BCUT2D eigenvalue weighted by atomic mass is 16.3. The second kappa shape index (κ2) is 8.88. The Morgan fingerprint density at radius 2 is 1.78 bits per heavy atom. The van der Waals surface area contributed by atoms with Crippen molar-refractivity contribution in [2.75, 3.05) is 7.05 Å². The van der Waals surface area contributed by atoms with Crippen LogP contribution in [-0.4, -0.2) is 29.0 Å². The molecule has 1 aromatic rings. The van der Waals surface area contributed by atoms with Crippen molar-refractivity contribution in [2.24, 2.45) is 11.8 Å². The number of benzene rings is 1. The molecule has 0 aliphatic carbocycles. The molecule has 0 fully saturated rings. The van der Waals surface area contributed by atoms with Crippen LogP contribution < -0.4 is 0 Å². The minimum absolute atomic E-state index is 0.0397. The van der Waals surface area contributed by atoms with Crippen molar-refractivity contribution in [2.45, 2.75) is 52.7 Å². The van der Waals surface area contributed by atoms with Crippen molar-refractivity contribution in [3.8, 4) is 0 Å². The van der Waals surface area contributed by atoms with E-state index in [1.165, 1.54) is 0 Å². The number of hydrogen-bond acceptors (Lipinski definition) is 2. The fourth-order valence-corrected chi connectivity index (χ4v) is 2.75. The lowest BCUT2D eigenvalue weighted by molar-refractivity contribution is -0.140. The van der Waals surface area contributed by atoms with E-state index in [0.717, 1.165) is 24.0 Å². The molecular weight excluding hydrogens is 286 g/mol. The molecule has 0 bridgehead atoms. The molecular formula is C20H31NO2. The van der Waals surface area contributed by atoms with E-state index < -0.39 is 6.10 Å². The molecule has 0 unspecified atom stereocenters. The molecule has 128 valence electrons. The van der Waals surface area contributed by atoms with Gasteiger partial charge in [0.25, 0.3) is 0 Å². The second-order valence-corrected chi connectivity index (χ2v) is 6.89. The molecule has 1 aromatic carbocycles. The SMILES string of the molecule is C=C(C)CC[C@H](C(=O)N(C)[C@@H](C)[C@@H](O)c1ccccc1)C(C)C. The largest absolute Gasteiger partial charge is 0.386 e. The van der Waals surface area contributed by atoms with Gasteiger partial charge in [0.15, 0.2) is 0 Å². The molecule has 3 nitrogen and oxygen atoms in total. The fraction of sp³-hybridized carbons (Fsp3) is 0.550. The predicted molar refractivity (Wildman–Crippen MR) is 96.0 cm³/mol. The van der Waals surface area contributed by atoms with Crippen molar-refractivity contribution in [3.63, 3.8) is 0 Å². The summed E-state index contributed by atoms with van der Waals surface area (Å²) in [4.78, 5) is 14.6. The molecule has 0 aliphatic rings. The quantitative estimate of drug-likeness (QED) is 0.730. The number of carbonyl (C=O) groups is 1. The van der Waals surface area contributed by atoms with Gasteiger partial charge in [-0.1, -0.05) is 49.8 Å². The fourth-order valence-electron chi connectivity index (χ4n) is 2.75. The number of hydrogen-bond donors (Lipinski definition) is 1. The number of amides is 1. The van der Waals surface area contributed by atoms with Crippen LogP contribution in [0.1, 0.15) is 52.2 Å². The van der Waals surface area contributed by atoms with E-state index in [4.69, 9.17) is 0 Å². The van der Waals surface area contributed by atoms with Crippen LogP contribution in [0.2, 0.25) is 0 Å². The van der Waals surface area contributed by atoms with Crippen LogP contribution in [0, 0.1) is 11.8 Å². The normalized spacial score (nSPS) is 15.1. The van der Waals surface area contributed by atoms with Gasteiger partial charge in [0.1, 0.15) is 0 Å². The molecule has 0 aliphatic heterocycles. The van der Waals surface area contributed by atoms with Crippen molar-refractivity contribution in [1.29, 1.82) is 0 Å². The monoisotopic (exact) mass is 317 g/mol. The minimum Gasteiger partial charge on any atom is -0.386 e. The molecule has 3 heteroatoms. The van der Waals surface area contributed by atoms with Crippen LogP contribution in [0.15, 0.2) is 42.5 Å². The van der Waals surface area contributed by atoms with Crippen LogP contribution in [-0.2, 0) is 4.79 Å². The Kier molecular flexibility index (Phi) is 7.50. The number of aliphatic hydroxyl groups is 1. The zero-order valence-electron chi connectivity index (χ0n) is 15.1. The van der Waals surface area contributed by atoms with E-state index in [2.05, 4.69) is 20.4 Å². The molecule has 3 atom stereocenters. The smallest absolute Gasteiger partial charge is 0.226 e. The van der Waals surface area contributed by atoms with E-state index in [0.29, 0.717) is 0 Å². The first-order valence-electron chi connectivity index (χ1n) is 8.39. The molecule has 23 heavy (non-hydrogen) atoms. The van der Waals surface area contributed by atoms with Gasteiger partial charge in [-0.2, -0.15) is 0 Å². The van der Waals surface area contributed by atoms with Gasteiger partial charge in [0.2, 0.25) is 5.91 Å². The summed E-state index contributed by atoms with van der Waals surface area (Å²) in [5.74, 6) is 0.330. The molecule has 1 rings (SSSR count). The molecule has 0 heterocycles. The number of carbonyl (C=O) groups excluding carboxylic acids is 1. The van der Waals surface area contributed by atoms with Crippen LogP contribution in [0.3, 0.4) is 0 Å². The Balaban J connectivity index is 2.81. The number of allylic oxidation sites excluding steroid dienone is 1. The highest BCUT2D eigenvalue weighted by Gasteiger charge is 2.30. The van der Waals surface area contributed by atoms with Crippen molar-refractivity contribution >= 4 is 5.91 Å². The summed E-state index contributed by atoms with van der Waals surface area (Å²) < 4.78 is 0. The van der Waals surface area contributed by atoms with E-state index in [1.54, 1.807) is 11.9 Å². The summed E-state index contributed by atoms with van der Waals surface area (Å²) in [5.41, 5.74) is 1.94. The van der Waals surface area contributed by atoms with Gasteiger partial charge < -0.3 is 10.0 Å².